The van der Waals surface area contributed by atoms with Crippen LogP contribution in [0.15, 0.2) is 12.2 Å². The summed E-state index contributed by atoms with van der Waals surface area (Å²) in [6, 6.07) is -0.168. The van der Waals surface area contributed by atoms with Gasteiger partial charge in [-0.3, -0.25) is 4.79 Å². The predicted octanol–water partition coefficient (Wildman–Crippen LogP) is 0.696. The molecule has 70 valence electrons. The van der Waals surface area contributed by atoms with Gasteiger partial charge in [-0.25, -0.2) is 0 Å². The molecule has 0 aromatic rings. The van der Waals surface area contributed by atoms with E-state index in [1.807, 2.05) is 26.0 Å². The van der Waals surface area contributed by atoms with Crippen LogP contribution < -0.4 is 5.32 Å². The lowest BCUT2D eigenvalue weighted by atomic mass is 10.0. The molecule has 2 atom stereocenters. The second-order valence-corrected chi connectivity index (χ2v) is 2.87. The van der Waals surface area contributed by atoms with Gasteiger partial charge >= 0.3 is 0 Å². The van der Waals surface area contributed by atoms with Crippen molar-refractivity contribution in [2.75, 3.05) is 6.61 Å². The van der Waals surface area contributed by atoms with Crippen LogP contribution in [0, 0.1) is 5.92 Å². The van der Waals surface area contributed by atoms with Gasteiger partial charge in [0.15, 0.2) is 0 Å². The lowest BCUT2D eigenvalue weighted by molar-refractivity contribution is -0.120. The van der Waals surface area contributed by atoms with Crippen molar-refractivity contribution < 1.29 is 9.90 Å². The maximum atomic E-state index is 10.7. The molecule has 0 aromatic carbocycles. The molecule has 0 radical (unpaired) electrons. The number of hydrogen-bond donors (Lipinski definition) is 2. The van der Waals surface area contributed by atoms with Gasteiger partial charge in [0.1, 0.15) is 0 Å². The number of allylic oxidation sites excluding steroid dienone is 1. The van der Waals surface area contributed by atoms with Crippen LogP contribution in [0.25, 0.3) is 0 Å². The minimum absolute atomic E-state index is 0.0227. The molecule has 3 nitrogen and oxygen atoms in total. The molecular weight excluding hydrogens is 154 g/mol. The number of carbonyl (C=O) groups is 1. The Hall–Kier alpha value is -0.830. The third-order valence-corrected chi connectivity index (χ3v) is 1.72. The van der Waals surface area contributed by atoms with E-state index in [0.717, 1.165) is 0 Å². The molecule has 0 heterocycles. The van der Waals surface area contributed by atoms with Crippen molar-refractivity contribution in [3.8, 4) is 0 Å². The van der Waals surface area contributed by atoms with E-state index in [-0.39, 0.29) is 24.5 Å². The first-order valence-corrected chi connectivity index (χ1v) is 4.12. The molecule has 12 heavy (non-hydrogen) atoms. The van der Waals surface area contributed by atoms with Gasteiger partial charge in [-0.15, -0.1) is 0 Å². The Morgan fingerprint density at radius 1 is 1.67 bits per heavy atom. The first-order chi connectivity index (χ1) is 5.61. The monoisotopic (exact) mass is 171 g/mol. The van der Waals surface area contributed by atoms with Gasteiger partial charge in [0, 0.05) is 6.92 Å². The molecule has 0 bridgehead atoms. The second kappa shape index (κ2) is 5.77. The number of rotatable bonds is 4. The minimum Gasteiger partial charge on any atom is -0.394 e. The molecule has 0 fully saturated rings. The molecule has 0 aliphatic heterocycles. The van der Waals surface area contributed by atoms with Crippen LogP contribution in [-0.2, 0) is 4.79 Å². The number of amides is 1. The molecule has 0 aliphatic carbocycles. The standard InChI is InChI=1S/C9H17NO2/c1-4-5-7(2)9(6-11)10-8(3)12/h4-5,7,9,11H,6H2,1-3H3,(H,10,12)/b5-4+/t7-,9+/m1/s1. The summed E-state index contributed by atoms with van der Waals surface area (Å²) in [4.78, 5) is 10.7. The molecule has 0 saturated heterocycles. The smallest absolute Gasteiger partial charge is 0.217 e. The quantitative estimate of drug-likeness (QED) is 0.612. The van der Waals surface area contributed by atoms with E-state index in [0.29, 0.717) is 0 Å². The van der Waals surface area contributed by atoms with Crippen molar-refractivity contribution in [1.82, 2.24) is 5.32 Å². The zero-order valence-electron chi connectivity index (χ0n) is 7.87. The molecule has 1 amide bonds. The normalized spacial score (nSPS) is 16.0. The summed E-state index contributed by atoms with van der Waals surface area (Å²) < 4.78 is 0. The Morgan fingerprint density at radius 2 is 2.25 bits per heavy atom. The van der Waals surface area contributed by atoms with Crippen LogP contribution >= 0.6 is 0 Å². The van der Waals surface area contributed by atoms with Crippen LogP contribution in [0.3, 0.4) is 0 Å². The van der Waals surface area contributed by atoms with Crippen molar-refractivity contribution in [3.05, 3.63) is 12.2 Å². The van der Waals surface area contributed by atoms with Crippen LogP contribution in [-0.4, -0.2) is 23.7 Å². The number of nitrogens with one attached hydrogen (secondary N) is 1. The molecule has 2 N–H and O–H groups in total. The van der Waals surface area contributed by atoms with Gasteiger partial charge < -0.3 is 10.4 Å². The predicted molar refractivity (Wildman–Crippen MR) is 48.7 cm³/mol. The van der Waals surface area contributed by atoms with Crippen LogP contribution in [0.4, 0.5) is 0 Å². The van der Waals surface area contributed by atoms with Crippen molar-refractivity contribution in [2.45, 2.75) is 26.8 Å². The highest BCUT2D eigenvalue weighted by atomic mass is 16.3. The summed E-state index contributed by atoms with van der Waals surface area (Å²) in [5.41, 5.74) is 0. The van der Waals surface area contributed by atoms with Gasteiger partial charge in [-0.1, -0.05) is 19.1 Å². The third-order valence-electron chi connectivity index (χ3n) is 1.72. The SMILES string of the molecule is C/C=C/[C@@H](C)[C@H](CO)NC(C)=O. The van der Waals surface area contributed by atoms with E-state index in [2.05, 4.69) is 5.32 Å². The highest BCUT2D eigenvalue weighted by molar-refractivity contribution is 5.73. The van der Waals surface area contributed by atoms with E-state index in [4.69, 9.17) is 5.11 Å². The zero-order valence-corrected chi connectivity index (χ0v) is 7.87. The summed E-state index contributed by atoms with van der Waals surface area (Å²) in [5, 5.41) is 11.6. The van der Waals surface area contributed by atoms with Crippen molar-refractivity contribution >= 4 is 5.91 Å². The van der Waals surface area contributed by atoms with E-state index in [1.165, 1.54) is 6.92 Å². The number of hydrogen-bond acceptors (Lipinski definition) is 2. The van der Waals surface area contributed by atoms with Gasteiger partial charge in [-0.05, 0) is 12.8 Å². The molecule has 0 spiro atoms. The molecule has 0 unspecified atom stereocenters. The first-order valence-electron chi connectivity index (χ1n) is 4.12. The average Bonchev–Trinajstić information content (AvgIpc) is 2.00. The summed E-state index contributed by atoms with van der Waals surface area (Å²) >= 11 is 0. The Morgan fingerprint density at radius 3 is 2.58 bits per heavy atom. The molecule has 3 heteroatoms. The molecule has 0 rings (SSSR count). The van der Waals surface area contributed by atoms with E-state index < -0.39 is 0 Å². The molecule has 0 aliphatic rings. The van der Waals surface area contributed by atoms with Gasteiger partial charge in [0.25, 0.3) is 0 Å². The Bertz CT molecular complexity index is 166. The summed E-state index contributed by atoms with van der Waals surface area (Å²) in [7, 11) is 0. The molecule has 0 aromatic heterocycles. The average molecular weight is 171 g/mol. The summed E-state index contributed by atoms with van der Waals surface area (Å²) in [6.45, 7) is 5.30. The van der Waals surface area contributed by atoms with Gasteiger partial charge in [0.2, 0.25) is 5.91 Å². The Labute approximate surface area is 73.5 Å². The summed E-state index contributed by atoms with van der Waals surface area (Å²) in [5.74, 6) is 0.0642. The molecular formula is C9H17NO2. The highest BCUT2D eigenvalue weighted by Gasteiger charge is 2.13. The van der Waals surface area contributed by atoms with Crippen LogP contribution in [0.1, 0.15) is 20.8 Å². The van der Waals surface area contributed by atoms with E-state index in [1.54, 1.807) is 0 Å². The topological polar surface area (TPSA) is 49.3 Å². The number of aliphatic hydroxyl groups is 1. The van der Waals surface area contributed by atoms with E-state index in [9.17, 15) is 4.79 Å². The van der Waals surface area contributed by atoms with Gasteiger partial charge in [0.05, 0.1) is 12.6 Å². The largest absolute Gasteiger partial charge is 0.394 e. The fraction of sp³-hybridized carbons (Fsp3) is 0.667. The maximum Gasteiger partial charge on any atom is 0.217 e. The summed E-state index contributed by atoms with van der Waals surface area (Å²) in [6.07, 6.45) is 3.87. The minimum atomic E-state index is -0.168. The lowest BCUT2D eigenvalue weighted by Crippen LogP contribution is -2.40. The Kier molecular flexibility index (Phi) is 5.37. The van der Waals surface area contributed by atoms with Crippen LogP contribution in [0.2, 0.25) is 0 Å². The maximum absolute atomic E-state index is 10.7. The van der Waals surface area contributed by atoms with Gasteiger partial charge in [-0.2, -0.15) is 0 Å². The highest BCUT2D eigenvalue weighted by Crippen LogP contribution is 2.03. The number of aliphatic hydroxyl groups excluding tert-OH is 1. The van der Waals surface area contributed by atoms with E-state index >= 15 is 0 Å². The van der Waals surface area contributed by atoms with Crippen molar-refractivity contribution in [1.29, 1.82) is 0 Å². The third kappa shape index (κ3) is 4.13. The lowest BCUT2D eigenvalue weighted by Gasteiger charge is -2.19. The van der Waals surface area contributed by atoms with Crippen molar-refractivity contribution in [2.24, 2.45) is 5.92 Å². The fourth-order valence-corrected chi connectivity index (χ4v) is 1.04. The Balaban J connectivity index is 4.04. The molecule has 0 saturated carbocycles. The van der Waals surface area contributed by atoms with Crippen molar-refractivity contribution in [3.63, 3.8) is 0 Å². The fourth-order valence-electron chi connectivity index (χ4n) is 1.04. The zero-order chi connectivity index (χ0) is 9.56. The first kappa shape index (κ1) is 11.2. The van der Waals surface area contributed by atoms with Crippen LogP contribution in [0.5, 0.6) is 0 Å². The second-order valence-electron chi connectivity index (χ2n) is 2.87. The number of carbonyl (C=O) groups excluding carboxylic acids is 1.